The average molecular weight is 391 g/mol. The molecule has 0 aromatic carbocycles. The van der Waals surface area contributed by atoms with Crippen LogP contribution in [-0.4, -0.2) is 44.5 Å². The lowest BCUT2D eigenvalue weighted by Crippen LogP contribution is -2.36. The van der Waals surface area contributed by atoms with Crippen molar-refractivity contribution in [3.63, 3.8) is 0 Å². The van der Waals surface area contributed by atoms with Crippen LogP contribution >= 0.6 is 15.9 Å². The first-order chi connectivity index (χ1) is 10.4. The summed E-state index contributed by atoms with van der Waals surface area (Å²) in [4.78, 5) is 6.28. The summed E-state index contributed by atoms with van der Waals surface area (Å²) in [5.74, 6) is 0.749. The third-order valence-electron chi connectivity index (χ3n) is 3.82. The fourth-order valence-corrected chi connectivity index (χ4v) is 4.38. The highest BCUT2D eigenvalue weighted by Crippen LogP contribution is 2.20. The minimum absolute atomic E-state index is 0.0144. The molecule has 8 heteroatoms. The average Bonchev–Trinajstić information content (AvgIpc) is 2.46. The quantitative estimate of drug-likeness (QED) is 0.723. The van der Waals surface area contributed by atoms with Crippen LogP contribution in [0.1, 0.15) is 26.2 Å². The highest BCUT2D eigenvalue weighted by Gasteiger charge is 2.19. The molecule has 1 aliphatic rings. The Kier molecular flexibility index (Phi) is 6.19. The van der Waals surface area contributed by atoms with Gasteiger partial charge in [0.2, 0.25) is 10.0 Å². The van der Waals surface area contributed by atoms with Crippen LogP contribution in [0, 0.1) is 5.92 Å². The van der Waals surface area contributed by atoms with Gasteiger partial charge in [0.1, 0.15) is 10.7 Å². The monoisotopic (exact) mass is 390 g/mol. The van der Waals surface area contributed by atoms with E-state index in [9.17, 15) is 8.42 Å². The summed E-state index contributed by atoms with van der Waals surface area (Å²) in [6, 6.07) is 1.47. The Hall–Kier alpha value is -0.700. The molecule has 1 unspecified atom stereocenters. The predicted octanol–water partition coefficient (Wildman–Crippen LogP) is 1.83. The van der Waals surface area contributed by atoms with Gasteiger partial charge in [-0.2, -0.15) is 0 Å². The summed E-state index contributed by atoms with van der Waals surface area (Å²) in [5.41, 5.74) is 5.65. The molecular weight excluding hydrogens is 368 g/mol. The van der Waals surface area contributed by atoms with Gasteiger partial charge in [-0.1, -0.05) is 6.92 Å². The second-order valence-electron chi connectivity index (χ2n) is 5.84. The predicted molar refractivity (Wildman–Crippen MR) is 91.0 cm³/mol. The Labute approximate surface area is 140 Å². The van der Waals surface area contributed by atoms with Crippen LogP contribution in [0.2, 0.25) is 0 Å². The molecule has 0 radical (unpaired) electrons. The molecule has 1 atom stereocenters. The molecular formula is C14H23BrN4O2S. The topological polar surface area (TPSA) is 88.3 Å². The molecule has 1 fully saturated rings. The zero-order valence-corrected chi connectivity index (χ0v) is 15.2. The van der Waals surface area contributed by atoms with Crippen LogP contribution in [-0.2, 0) is 10.0 Å². The Morgan fingerprint density at radius 1 is 1.55 bits per heavy atom. The van der Waals surface area contributed by atoms with Gasteiger partial charge in [-0.15, -0.1) is 0 Å². The lowest BCUT2D eigenvalue weighted by atomic mass is 10.0. The summed E-state index contributed by atoms with van der Waals surface area (Å²) in [7, 11) is -3.61. The van der Waals surface area contributed by atoms with E-state index in [0.29, 0.717) is 11.0 Å². The molecule has 0 bridgehead atoms. The number of hydrogen-bond acceptors (Lipinski definition) is 5. The second kappa shape index (κ2) is 7.72. The Morgan fingerprint density at radius 3 is 3.05 bits per heavy atom. The fraction of sp³-hybridized carbons (Fsp3) is 0.643. The number of rotatable bonds is 6. The number of anilines is 1. The number of pyridine rings is 1. The van der Waals surface area contributed by atoms with Crippen molar-refractivity contribution in [1.29, 1.82) is 0 Å². The number of nitrogen functional groups attached to an aromatic ring is 1. The second-order valence-corrected chi connectivity index (χ2v) is 8.49. The first kappa shape index (κ1) is 17.7. The van der Waals surface area contributed by atoms with Crippen LogP contribution < -0.4 is 10.5 Å². The van der Waals surface area contributed by atoms with Gasteiger partial charge in [-0.25, -0.2) is 18.1 Å². The molecule has 0 amide bonds. The normalized spacial score (nSPS) is 20.2. The van der Waals surface area contributed by atoms with E-state index in [2.05, 4.69) is 37.5 Å². The molecule has 2 heterocycles. The van der Waals surface area contributed by atoms with E-state index in [0.717, 1.165) is 32.0 Å². The minimum Gasteiger partial charge on any atom is -0.383 e. The van der Waals surface area contributed by atoms with Crippen molar-refractivity contribution < 1.29 is 8.42 Å². The molecule has 1 aromatic heterocycles. The molecule has 0 saturated carbocycles. The zero-order valence-electron chi connectivity index (χ0n) is 12.8. The lowest BCUT2D eigenvalue weighted by molar-refractivity contribution is 0.182. The number of aromatic nitrogens is 1. The smallest absolute Gasteiger partial charge is 0.244 e. The third kappa shape index (κ3) is 4.91. The maximum absolute atomic E-state index is 12.2. The number of hydrogen-bond donors (Lipinski definition) is 2. The summed E-state index contributed by atoms with van der Waals surface area (Å²) in [5, 5.41) is 0. The maximum Gasteiger partial charge on any atom is 0.244 e. The number of nitrogens with two attached hydrogens (primary N) is 1. The van der Waals surface area contributed by atoms with Crippen molar-refractivity contribution in [2.45, 2.75) is 31.1 Å². The first-order valence-corrected chi connectivity index (χ1v) is 9.79. The van der Waals surface area contributed by atoms with Gasteiger partial charge in [0.25, 0.3) is 0 Å². The maximum atomic E-state index is 12.2. The van der Waals surface area contributed by atoms with Gasteiger partial charge in [0.15, 0.2) is 0 Å². The largest absolute Gasteiger partial charge is 0.383 e. The number of nitrogens with one attached hydrogen (secondary N) is 1. The van der Waals surface area contributed by atoms with Gasteiger partial charge in [-0.3, -0.25) is 0 Å². The van der Waals surface area contributed by atoms with E-state index in [4.69, 9.17) is 5.73 Å². The highest BCUT2D eigenvalue weighted by atomic mass is 79.9. The molecule has 3 N–H and O–H groups in total. The van der Waals surface area contributed by atoms with Gasteiger partial charge in [-0.05, 0) is 60.3 Å². The lowest BCUT2D eigenvalue weighted by Gasteiger charge is -2.30. The van der Waals surface area contributed by atoms with Gasteiger partial charge >= 0.3 is 0 Å². The van der Waals surface area contributed by atoms with E-state index < -0.39 is 10.0 Å². The van der Waals surface area contributed by atoms with Crippen LogP contribution in [0.25, 0.3) is 0 Å². The fourth-order valence-electron chi connectivity index (χ4n) is 2.72. The van der Waals surface area contributed by atoms with Crippen molar-refractivity contribution in [1.82, 2.24) is 14.6 Å². The van der Waals surface area contributed by atoms with E-state index in [1.807, 2.05) is 0 Å². The Balaban J connectivity index is 1.84. The third-order valence-corrected chi connectivity index (χ3v) is 5.75. The van der Waals surface area contributed by atoms with Crippen molar-refractivity contribution in [2.75, 3.05) is 31.9 Å². The number of likely N-dealkylation sites (tertiary alicyclic amines) is 1. The van der Waals surface area contributed by atoms with E-state index in [1.165, 1.54) is 25.1 Å². The van der Waals surface area contributed by atoms with Crippen LogP contribution in [0.4, 0.5) is 5.82 Å². The van der Waals surface area contributed by atoms with Crippen molar-refractivity contribution >= 4 is 31.8 Å². The van der Waals surface area contributed by atoms with Gasteiger partial charge < -0.3 is 10.6 Å². The zero-order chi connectivity index (χ0) is 16.2. The molecule has 22 heavy (non-hydrogen) atoms. The SMILES string of the molecule is CC1CCCN(CCCNS(=O)(=O)c2cc(Br)cnc2N)C1. The number of halogens is 1. The molecule has 6 nitrogen and oxygen atoms in total. The molecule has 124 valence electrons. The molecule has 0 spiro atoms. The van der Waals surface area contributed by atoms with E-state index in [-0.39, 0.29) is 10.7 Å². The number of sulfonamides is 1. The van der Waals surface area contributed by atoms with Crippen molar-refractivity contribution in [3.05, 3.63) is 16.7 Å². The van der Waals surface area contributed by atoms with Crippen molar-refractivity contribution in [3.8, 4) is 0 Å². The Morgan fingerprint density at radius 2 is 2.32 bits per heavy atom. The molecule has 1 aliphatic heterocycles. The molecule has 0 aliphatic carbocycles. The standard InChI is InChI=1S/C14H23BrN4O2S/c1-11-4-2-6-19(10-11)7-3-5-18-22(20,21)13-8-12(15)9-17-14(13)16/h8-9,11,18H,2-7,10H2,1H3,(H2,16,17). The van der Waals surface area contributed by atoms with E-state index >= 15 is 0 Å². The first-order valence-electron chi connectivity index (χ1n) is 7.51. The summed E-state index contributed by atoms with van der Waals surface area (Å²) >= 11 is 3.21. The summed E-state index contributed by atoms with van der Waals surface area (Å²) in [6.07, 6.45) is 4.78. The van der Waals surface area contributed by atoms with Crippen LogP contribution in [0.15, 0.2) is 21.6 Å². The Bertz CT molecular complexity index is 609. The van der Waals surface area contributed by atoms with Gasteiger partial charge in [0, 0.05) is 23.8 Å². The summed E-state index contributed by atoms with van der Waals surface area (Å²) < 4.78 is 27.7. The van der Waals surface area contributed by atoms with E-state index in [1.54, 1.807) is 0 Å². The minimum atomic E-state index is -3.61. The van der Waals surface area contributed by atoms with Gasteiger partial charge in [0.05, 0.1) is 0 Å². The molecule has 1 saturated heterocycles. The van der Waals surface area contributed by atoms with Crippen LogP contribution in [0.5, 0.6) is 0 Å². The van der Waals surface area contributed by atoms with Crippen molar-refractivity contribution in [2.24, 2.45) is 5.92 Å². The van der Waals surface area contributed by atoms with Crippen LogP contribution in [0.3, 0.4) is 0 Å². The summed E-state index contributed by atoms with van der Waals surface area (Å²) in [6.45, 7) is 5.80. The number of piperidine rings is 1. The highest BCUT2D eigenvalue weighted by molar-refractivity contribution is 9.10. The molecule has 2 rings (SSSR count). The number of nitrogens with zero attached hydrogens (tertiary/aromatic N) is 2. The molecule has 1 aromatic rings.